The van der Waals surface area contributed by atoms with Gasteiger partial charge in [-0.25, -0.2) is 4.98 Å². The van der Waals surface area contributed by atoms with Crippen molar-refractivity contribution in [2.24, 2.45) is 7.05 Å². The summed E-state index contributed by atoms with van der Waals surface area (Å²) >= 11 is 0. The number of benzene rings is 2. The van der Waals surface area contributed by atoms with Crippen molar-refractivity contribution in [1.82, 2.24) is 24.6 Å². The van der Waals surface area contributed by atoms with Gasteiger partial charge in [-0.05, 0) is 49.7 Å². The number of H-pyrrole nitrogens is 1. The van der Waals surface area contributed by atoms with E-state index in [1.54, 1.807) is 12.1 Å². The van der Waals surface area contributed by atoms with Crippen molar-refractivity contribution in [3.8, 4) is 33.5 Å². The Hall–Kier alpha value is -4.50. The zero-order valence-corrected chi connectivity index (χ0v) is 22.6. The van der Waals surface area contributed by atoms with Crippen molar-refractivity contribution in [3.63, 3.8) is 0 Å². The number of anilines is 1. The van der Waals surface area contributed by atoms with Crippen molar-refractivity contribution in [3.05, 3.63) is 82.3 Å². The predicted molar refractivity (Wildman–Crippen MR) is 155 cm³/mol. The lowest BCUT2D eigenvalue weighted by atomic mass is 9.93. The normalized spacial score (nSPS) is 14.3. The van der Waals surface area contributed by atoms with Gasteiger partial charge < -0.3 is 14.8 Å². The maximum absolute atomic E-state index is 11.7. The molecule has 0 spiro atoms. The molecule has 0 bridgehead atoms. The third kappa shape index (κ3) is 4.34. The Kier molecular flexibility index (Phi) is 6.15. The number of piperazine rings is 1. The molecule has 0 saturated carbocycles. The number of rotatable bonds is 5. The molecule has 1 saturated heterocycles. The van der Waals surface area contributed by atoms with Crippen molar-refractivity contribution in [1.29, 1.82) is 0 Å². The standard InChI is InChI=1S/C30H31N7O2/c1-19-25(26-18-32-35(4)20(26)2)17-31-30-27(19)28(22-6-5-7-24(16-22)37(38)39)29(33-30)21-8-10-23(11-9-21)36-14-12-34(3)13-15-36/h5-11,16-18H,12-15H2,1-4H3,(H,31,33). The van der Waals surface area contributed by atoms with Gasteiger partial charge >= 0.3 is 0 Å². The number of aryl methyl sites for hydroxylation is 2. The average molecular weight is 522 g/mol. The van der Waals surface area contributed by atoms with E-state index in [1.165, 1.54) is 11.8 Å². The van der Waals surface area contributed by atoms with E-state index in [9.17, 15) is 10.1 Å². The number of fused-ring (bicyclic) bond motifs is 1. The Morgan fingerprint density at radius 2 is 1.67 bits per heavy atom. The Labute approximate surface area is 226 Å². The van der Waals surface area contributed by atoms with E-state index in [0.29, 0.717) is 0 Å². The second-order valence-corrected chi connectivity index (χ2v) is 10.3. The first-order valence-corrected chi connectivity index (χ1v) is 13.1. The number of aromatic nitrogens is 4. The molecule has 198 valence electrons. The summed E-state index contributed by atoms with van der Waals surface area (Å²) in [6.07, 6.45) is 3.75. The minimum atomic E-state index is -0.349. The Morgan fingerprint density at radius 1 is 0.923 bits per heavy atom. The summed E-state index contributed by atoms with van der Waals surface area (Å²) in [5.41, 5.74) is 9.71. The van der Waals surface area contributed by atoms with Crippen LogP contribution >= 0.6 is 0 Å². The van der Waals surface area contributed by atoms with Gasteiger partial charge in [-0.2, -0.15) is 5.10 Å². The summed E-state index contributed by atoms with van der Waals surface area (Å²) in [4.78, 5) is 24.4. The second kappa shape index (κ2) is 9.67. The van der Waals surface area contributed by atoms with Crippen LogP contribution in [0.15, 0.2) is 60.9 Å². The highest BCUT2D eigenvalue weighted by Crippen LogP contribution is 2.42. The number of nitrogens with one attached hydrogen (secondary N) is 1. The quantitative estimate of drug-likeness (QED) is 0.240. The maximum atomic E-state index is 11.7. The number of hydrogen-bond acceptors (Lipinski definition) is 6. The van der Waals surface area contributed by atoms with Crippen molar-refractivity contribution < 1.29 is 4.92 Å². The van der Waals surface area contributed by atoms with Crippen LogP contribution in [-0.2, 0) is 7.05 Å². The lowest BCUT2D eigenvalue weighted by Gasteiger charge is -2.34. The van der Waals surface area contributed by atoms with Crippen LogP contribution in [0.1, 0.15) is 11.3 Å². The van der Waals surface area contributed by atoms with Gasteiger partial charge in [-0.3, -0.25) is 14.8 Å². The van der Waals surface area contributed by atoms with Crippen LogP contribution < -0.4 is 4.90 Å². The topological polar surface area (TPSA) is 96.1 Å². The third-order valence-electron chi connectivity index (χ3n) is 7.98. The summed E-state index contributed by atoms with van der Waals surface area (Å²) in [7, 11) is 4.08. The van der Waals surface area contributed by atoms with Gasteiger partial charge in [-0.1, -0.05) is 24.3 Å². The number of nitrogens with zero attached hydrogens (tertiary/aromatic N) is 6. The minimum absolute atomic E-state index is 0.0584. The molecule has 0 aliphatic carbocycles. The summed E-state index contributed by atoms with van der Waals surface area (Å²) in [6.45, 7) is 8.22. The smallest absolute Gasteiger partial charge is 0.270 e. The largest absolute Gasteiger partial charge is 0.369 e. The Morgan fingerprint density at radius 3 is 2.33 bits per heavy atom. The van der Waals surface area contributed by atoms with E-state index in [1.807, 2.05) is 37.1 Å². The van der Waals surface area contributed by atoms with Crippen molar-refractivity contribution in [2.75, 3.05) is 38.1 Å². The summed E-state index contributed by atoms with van der Waals surface area (Å²) in [6, 6.07) is 15.4. The predicted octanol–water partition coefficient (Wildman–Crippen LogP) is 5.57. The molecule has 39 heavy (non-hydrogen) atoms. The fourth-order valence-corrected chi connectivity index (χ4v) is 5.53. The van der Waals surface area contributed by atoms with Crippen LogP contribution in [0.3, 0.4) is 0 Å². The molecular formula is C30H31N7O2. The zero-order chi connectivity index (χ0) is 27.3. The zero-order valence-electron chi connectivity index (χ0n) is 22.6. The molecule has 4 heterocycles. The summed E-state index contributed by atoms with van der Waals surface area (Å²) in [5.74, 6) is 0. The SMILES string of the molecule is Cc1c(-c2cnn(C)c2C)cnc2[nH]c(-c3ccc(N4CCN(C)CC4)cc3)c(-c3cccc([N+](=O)[O-])c3)c12. The molecular weight excluding hydrogens is 490 g/mol. The monoisotopic (exact) mass is 521 g/mol. The summed E-state index contributed by atoms with van der Waals surface area (Å²) in [5, 5.41) is 17.0. The van der Waals surface area contributed by atoms with Gasteiger partial charge in [0.2, 0.25) is 0 Å². The molecule has 0 radical (unpaired) electrons. The van der Waals surface area contributed by atoms with Crippen LogP contribution in [-0.4, -0.2) is 62.8 Å². The molecule has 3 aromatic heterocycles. The highest BCUT2D eigenvalue weighted by molar-refractivity contribution is 6.06. The van der Waals surface area contributed by atoms with Crippen LogP contribution in [0.5, 0.6) is 0 Å². The van der Waals surface area contributed by atoms with E-state index in [2.05, 4.69) is 58.1 Å². The fraction of sp³-hybridized carbons (Fsp3) is 0.267. The van der Waals surface area contributed by atoms with E-state index in [4.69, 9.17) is 4.98 Å². The molecule has 0 atom stereocenters. The molecule has 0 amide bonds. The molecule has 9 nitrogen and oxygen atoms in total. The van der Waals surface area contributed by atoms with Gasteiger partial charge in [0.15, 0.2) is 0 Å². The third-order valence-corrected chi connectivity index (χ3v) is 7.98. The molecule has 9 heteroatoms. The van der Waals surface area contributed by atoms with Gasteiger partial charge in [0.25, 0.3) is 5.69 Å². The van der Waals surface area contributed by atoms with Crippen LogP contribution in [0, 0.1) is 24.0 Å². The molecule has 1 aliphatic rings. The Balaban J connectivity index is 1.53. The van der Waals surface area contributed by atoms with Crippen LogP contribution in [0.4, 0.5) is 11.4 Å². The first-order chi connectivity index (χ1) is 18.8. The minimum Gasteiger partial charge on any atom is -0.369 e. The highest BCUT2D eigenvalue weighted by Gasteiger charge is 2.23. The molecule has 2 aromatic carbocycles. The first-order valence-electron chi connectivity index (χ1n) is 13.1. The number of pyridine rings is 1. The van der Waals surface area contributed by atoms with E-state index >= 15 is 0 Å². The molecule has 1 N–H and O–H groups in total. The summed E-state index contributed by atoms with van der Waals surface area (Å²) < 4.78 is 1.85. The van der Waals surface area contributed by atoms with Gasteiger partial charge in [0.05, 0.1) is 16.8 Å². The Bertz CT molecular complexity index is 1690. The maximum Gasteiger partial charge on any atom is 0.270 e. The lowest BCUT2D eigenvalue weighted by Crippen LogP contribution is -2.44. The highest BCUT2D eigenvalue weighted by atomic mass is 16.6. The van der Waals surface area contributed by atoms with Gasteiger partial charge in [-0.15, -0.1) is 0 Å². The van der Waals surface area contributed by atoms with Gasteiger partial charge in [0, 0.05) is 85.0 Å². The number of likely N-dealkylation sites (N-methyl/N-ethyl adjacent to an activating group) is 1. The van der Waals surface area contributed by atoms with E-state index in [-0.39, 0.29) is 10.6 Å². The van der Waals surface area contributed by atoms with Crippen molar-refractivity contribution in [2.45, 2.75) is 13.8 Å². The van der Waals surface area contributed by atoms with Crippen LogP contribution in [0.25, 0.3) is 44.5 Å². The molecule has 1 aliphatic heterocycles. The fourth-order valence-electron chi connectivity index (χ4n) is 5.53. The molecule has 5 aromatic rings. The molecule has 0 unspecified atom stereocenters. The van der Waals surface area contributed by atoms with E-state index in [0.717, 1.165) is 82.0 Å². The lowest BCUT2D eigenvalue weighted by molar-refractivity contribution is -0.384. The second-order valence-electron chi connectivity index (χ2n) is 10.3. The average Bonchev–Trinajstić information content (AvgIpc) is 3.50. The van der Waals surface area contributed by atoms with Crippen molar-refractivity contribution >= 4 is 22.4 Å². The number of hydrogen-bond donors (Lipinski definition) is 1. The first kappa shape index (κ1) is 24.8. The molecule has 6 rings (SSSR count). The molecule has 1 fully saturated rings. The number of non-ortho nitro benzene ring substituents is 1. The number of nitro benzene ring substituents is 1. The van der Waals surface area contributed by atoms with Gasteiger partial charge in [0.1, 0.15) is 5.65 Å². The number of aromatic amines is 1. The van der Waals surface area contributed by atoms with E-state index < -0.39 is 0 Å². The number of nitro groups is 1. The van der Waals surface area contributed by atoms with Crippen LogP contribution in [0.2, 0.25) is 0 Å².